The van der Waals surface area contributed by atoms with E-state index >= 15 is 0 Å². The van der Waals surface area contributed by atoms with Gasteiger partial charge in [-0.25, -0.2) is 4.57 Å². The fraction of sp³-hybridized carbons (Fsp3) is 0.688. The maximum absolute atomic E-state index is 10.5. The summed E-state index contributed by atoms with van der Waals surface area (Å²) in [6, 6.07) is 0. The lowest BCUT2D eigenvalue weighted by Gasteiger charge is -2.28. The molecule has 0 saturated carbocycles. The van der Waals surface area contributed by atoms with E-state index in [9.17, 15) is 5.11 Å². The Kier molecular flexibility index (Phi) is 5.16. The van der Waals surface area contributed by atoms with Gasteiger partial charge in [0.25, 0.3) is 11.6 Å². The van der Waals surface area contributed by atoms with Gasteiger partial charge in [0, 0.05) is 32.7 Å². The summed E-state index contributed by atoms with van der Waals surface area (Å²) in [6.07, 6.45) is 1.12. The molecule has 0 unspecified atom stereocenters. The summed E-state index contributed by atoms with van der Waals surface area (Å²) in [5, 5.41) is 10.5. The third kappa shape index (κ3) is 3.73. The molecule has 4 rings (SSSR count). The number of nitrogens with zero attached hydrogens (tertiary/aromatic N) is 5. The van der Waals surface area contributed by atoms with Crippen LogP contribution in [0.5, 0.6) is 0 Å². The van der Waals surface area contributed by atoms with Gasteiger partial charge in [0.15, 0.2) is 5.52 Å². The molecule has 10 nitrogen and oxygen atoms in total. The zero-order valence-corrected chi connectivity index (χ0v) is 14.8. The van der Waals surface area contributed by atoms with Crippen molar-refractivity contribution in [3.63, 3.8) is 0 Å². The van der Waals surface area contributed by atoms with Crippen molar-refractivity contribution in [3.8, 4) is 0 Å². The first-order valence-electron chi connectivity index (χ1n) is 9.05. The van der Waals surface area contributed by atoms with E-state index in [2.05, 4.69) is 19.8 Å². The number of rotatable bonds is 5. The molecule has 0 radical (unpaired) electrons. The van der Waals surface area contributed by atoms with Gasteiger partial charge in [-0.05, 0) is 0 Å². The van der Waals surface area contributed by atoms with Gasteiger partial charge in [-0.15, -0.1) is 0 Å². The molecule has 26 heavy (non-hydrogen) atoms. The second kappa shape index (κ2) is 7.70. The highest BCUT2D eigenvalue weighted by atomic mass is 16.5. The maximum atomic E-state index is 10.5. The van der Waals surface area contributed by atoms with Crippen LogP contribution in [0.25, 0.3) is 11.2 Å². The summed E-state index contributed by atoms with van der Waals surface area (Å²) < 4.78 is 12.6. The first-order valence-corrected chi connectivity index (χ1v) is 9.05. The number of hydrogen-bond acceptors (Lipinski definition) is 8. The summed E-state index contributed by atoms with van der Waals surface area (Å²) in [5.74, 6) is 1.17. The van der Waals surface area contributed by atoms with E-state index in [0.29, 0.717) is 43.3 Å². The number of fused-ring (bicyclic) bond motifs is 1. The van der Waals surface area contributed by atoms with Crippen LogP contribution in [0, 0.1) is 0 Å². The molecule has 1 atom stereocenters. The second-order valence-electron chi connectivity index (χ2n) is 6.71. The number of nitrogen functional groups attached to an aromatic ring is 1. The molecule has 2 aliphatic rings. The Morgan fingerprint density at radius 1 is 1.19 bits per heavy atom. The molecule has 2 aliphatic heterocycles. The minimum absolute atomic E-state index is 0.408. The van der Waals surface area contributed by atoms with E-state index in [1.807, 2.05) is 4.57 Å². The quantitative estimate of drug-likeness (QED) is 0.541. The van der Waals surface area contributed by atoms with E-state index in [-0.39, 0.29) is 0 Å². The van der Waals surface area contributed by atoms with Crippen LogP contribution in [0.2, 0.25) is 0 Å². The van der Waals surface area contributed by atoms with Crippen molar-refractivity contribution in [3.05, 3.63) is 6.33 Å². The second-order valence-corrected chi connectivity index (χ2v) is 6.71. The van der Waals surface area contributed by atoms with Crippen LogP contribution in [0.15, 0.2) is 6.33 Å². The minimum atomic E-state index is -0.518. The van der Waals surface area contributed by atoms with E-state index in [1.54, 1.807) is 6.33 Å². The van der Waals surface area contributed by atoms with Gasteiger partial charge in [0.05, 0.1) is 39.1 Å². The summed E-state index contributed by atoms with van der Waals surface area (Å²) >= 11 is 0. The minimum Gasteiger partial charge on any atom is -0.388 e. The molecular formula is C16H26N7O3+. The number of nitrogens with two attached hydrogens (primary N) is 1. The molecule has 2 aromatic heterocycles. The number of β-amino-alcohol motifs (C(OH)–C–C–N with tert-alkyl or cyclic N) is 1. The normalized spacial score (nSPS) is 20.6. The van der Waals surface area contributed by atoms with Gasteiger partial charge in [-0.3, -0.25) is 4.90 Å². The molecule has 0 bridgehead atoms. The molecule has 2 fully saturated rings. The van der Waals surface area contributed by atoms with E-state index in [1.165, 1.54) is 0 Å². The Labute approximate surface area is 151 Å². The van der Waals surface area contributed by atoms with Crippen molar-refractivity contribution >= 4 is 22.9 Å². The topological polar surface area (TPSA) is 117 Å². The highest BCUT2D eigenvalue weighted by Gasteiger charge is 2.25. The van der Waals surface area contributed by atoms with Crippen LogP contribution < -0.4 is 15.2 Å². The van der Waals surface area contributed by atoms with Crippen molar-refractivity contribution in [2.75, 3.05) is 69.8 Å². The summed E-state index contributed by atoms with van der Waals surface area (Å²) in [4.78, 5) is 16.6. The van der Waals surface area contributed by atoms with Gasteiger partial charge in [-0.2, -0.15) is 0 Å². The third-order valence-corrected chi connectivity index (χ3v) is 4.83. The largest absolute Gasteiger partial charge is 0.388 e. The van der Waals surface area contributed by atoms with Crippen molar-refractivity contribution < 1.29 is 19.1 Å². The number of H-pyrrole nitrogens is 1. The molecule has 2 saturated heterocycles. The Morgan fingerprint density at radius 3 is 2.62 bits per heavy atom. The zero-order chi connectivity index (χ0) is 17.9. The standard InChI is InChI=1S/C16H25N7O3/c17-14-13-15(20-16(19-13)22-3-7-26-8-4-22)23(11-18-14)10-12(24)9-21-1-5-25-6-2-21/h11-12,24H,1-10H2,(H2,17,19,20)/p+1/t12-/m1/s1. The van der Waals surface area contributed by atoms with Crippen LogP contribution in [0.1, 0.15) is 0 Å². The number of imidazole rings is 1. The SMILES string of the molecule is Nc1nc[n+](C[C@H](O)CN2CCOCC2)c2nc(N3CCOCC3)[nH]c12. The number of aromatic amines is 1. The van der Waals surface area contributed by atoms with E-state index in [0.717, 1.165) is 45.3 Å². The number of aliphatic hydroxyl groups is 1. The molecule has 142 valence electrons. The highest BCUT2D eigenvalue weighted by molar-refractivity contribution is 5.80. The van der Waals surface area contributed by atoms with Gasteiger partial charge < -0.3 is 30.2 Å². The lowest BCUT2D eigenvalue weighted by atomic mass is 10.3. The third-order valence-electron chi connectivity index (χ3n) is 4.83. The average Bonchev–Trinajstić information content (AvgIpc) is 3.12. The van der Waals surface area contributed by atoms with Gasteiger partial charge in [0.1, 0.15) is 0 Å². The first-order chi connectivity index (χ1) is 12.7. The van der Waals surface area contributed by atoms with Crippen LogP contribution in [-0.4, -0.2) is 90.2 Å². The van der Waals surface area contributed by atoms with Crippen molar-refractivity contribution in [2.45, 2.75) is 12.6 Å². The van der Waals surface area contributed by atoms with Crippen LogP contribution in [0.3, 0.4) is 0 Å². The molecule has 0 spiro atoms. The Balaban J connectivity index is 1.52. The molecular weight excluding hydrogens is 338 g/mol. The van der Waals surface area contributed by atoms with Crippen LogP contribution >= 0.6 is 0 Å². The number of aromatic nitrogens is 4. The number of anilines is 2. The zero-order valence-electron chi connectivity index (χ0n) is 14.8. The Morgan fingerprint density at radius 2 is 1.88 bits per heavy atom. The highest BCUT2D eigenvalue weighted by Crippen LogP contribution is 2.19. The van der Waals surface area contributed by atoms with Crippen LogP contribution in [-0.2, 0) is 16.0 Å². The predicted molar refractivity (Wildman–Crippen MR) is 94.8 cm³/mol. The molecule has 2 aromatic rings. The van der Waals surface area contributed by atoms with Crippen LogP contribution in [0.4, 0.5) is 11.8 Å². The molecule has 10 heteroatoms. The van der Waals surface area contributed by atoms with Crippen molar-refractivity contribution in [1.29, 1.82) is 0 Å². The number of morpholine rings is 2. The first kappa shape index (κ1) is 17.4. The van der Waals surface area contributed by atoms with Crippen molar-refractivity contribution in [1.82, 2.24) is 19.9 Å². The molecule has 4 N–H and O–H groups in total. The number of nitrogens with one attached hydrogen (secondary N) is 1. The molecule has 0 aliphatic carbocycles. The molecule has 0 aromatic carbocycles. The maximum Gasteiger partial charge on any atom is 0.296 e. The summed E-state index contributed by atoms with van der Waals surface area (Å²) in [5.41, 5.74) is 7.43. The Bertz CT molecular complexity index is 741. The van der Waals surface area contributed by atoms with Crippen molar-refractivity contribution in [2.24, 2.45) is 0 Å². The fourth-order valence-corrected chi connectivity index (χ4v) is 3.41. The van der Waals surface area contributed by atoms with Gasteiger partial charge >= 0.3 is 0 Å². The Hall–Kier alpha value is -2.01. The monoisotopic (exact) mass is 364 g/mol. The van der Waals surface area contributed by atoms with Gasteiger partial charge in [-0.1, -0.05) is 9.97 Å². The summed E-state index contributed by atoms with van der Waals surface area (Å²) in [6.45, 7) is 7.08. The predicted octanol–water partition coefficient (Wildman–Crippen LogP) is -1.64. The van der Waals surface area contributed by atoms with Gasteiger partial charge in [0.2, 0.25) is 12.1 Å². The number of ether oxygens (including phenoxy) is 2. The number of hydrogen-bond donors (Lipinski definition) is 3. The molecule has 4 heterocycles. The molecule has 0 amide bonds. The fourth-order valence-electron chi connectivity index (χ4n) is 3.41. The number of aliphatic hydroxyl groups excluding tert-OH is 1. The smallest absolute Gasteiger partial charge is 0.296 e. The van der Waals surface area contributed by atoms with E-state index in [4.69, 9.17) is 20.2 Å². The lowest BCUT2D eigenvalue weighted by Crippen LogP contribution is -2.47. The lowest BCUT2D eigenvalue weighted by molar-refractivity contribution is -0.683. The van der Waals surface area contributed by atoms with E-state index < -0.39 is 6.10 Å². The summed E-state index contributed by atoms with van der Waals surface area (Å²) in [7, 11) is 0. The average molecular weight is 364 g/mol.